The van der Waals surface area contributed by atoms with Crippen molar-refractivity contribution in [1.82, 2.24) is 15.1 Å². The van der Waals surface area contributed by atoms with Gasteiger partial charge in [0.25, 0.3) is 0 Å². The topological polar surface area (TPSA) is 75.3 Å². The average Bonchev–Trinajstić information content (AvgIpc) is 3.00. The number of hydrogen-bond acceptors (Lipinski definition) is 4. The summed E-state index contributed by atoms with van der Waals surface area (Å²) in [6.45, 7) is 7.52. The van der Waals surface area contributed by atoms with Crippen molar-refractivity contribution >= 4 is 36.1 Å². The molecule has 1 aliphatic heterocycles. The van der Waals surface area contributed by atoms with Crippen LogP contribution in [0.5, 0.6) is 0 Å². The summed E-state index contributed by atoms with van der Waals surface area (Å²) in [7, 11) is 3.40. The minimum Gasteiger partial charge on any atom is -0.469 e. The lowest BCUT2D eigenvalue weighted by Crippen LogP contribution is -2.40. The van der Waals surface area contributed by atoms with Gasteiger partial charge in [0.2, 0.25) is 5.91 Å². The summed E-state index contributed by atoms with van der Waals surface area (Å²) in [5, 5.41) is 8.32. The van der Waals surface area contributed by atoms with E-state index in [1.165, 1.54) is 7.11 Å². The second kappa shape index (κ2) is 6.78. The average molecular weight is 355 g/mol. The number of fused-ring (bicyclic) bond motifs is 3. The first-order valence-corrected chi connectivity index (χ1v) is 8.99. The number of H-pyrrole nitrogens is 1. The van der Waals surface area contributed by atoms with Crippen LogP contribution < -0.4 is 5.46 Å². The van der Waals surface area contributed by atoms with Crippen LogP contribution in [-0.2, 0) is 27.3 Å². The summed E-state index contributed by atoms with van der Waals surface area (Å²) in [6.07, 6.45) is 2.49. The fourth-order valence-electron chi connectivity index (χ4n) is 3.81. The molecule has 0 fully saturated rings. The standard InChI is InChI=1S/C19H26BN3O3/c1-19(2,3)10-23-9-14-11(5-12(18(23)25)7-16(24)26-4)6-15(20)17-13(14)8-21-22-17/h6,8,12H,5,7,9-10,20H2,1-4H3,(H,21,22)/t12-/m0/s1. The van der Waals surface area contributed by atoms with Crippen molar-refractivity contribution in [3.05, 3.63) is 23.4 Å². The molecule has 3 rings (SSSR count). The van der Waals surface area contributed by atoms with E-state index in [0.717, 1.165) is 27.5 Å². The first-order chi connectivity index (χ1) is 12.2. The Morgan fingerprint density at radius 1 is 1.46 bits per heavy atom. The number of aromatic nitrogens is 2. The summed E-state index contributed by atoms with van der Waals surface area (Å²) < 4.78 is 4.82. The smallest absolute Gasteiger partial charge is 0.306 e. The molecule has 1 atom stereocenters. The van der Waals surface area contributed by atoms with Gasteiger partial charge in [0.05, 0.1) is 31.2 Å². The fraction of sp³-hybridized carbons (Fsp3) is 0.526. The highest BCUT2D eigenvalue weighted by Gasteiger charge is 2.34. The van der Waals surface area contributed by atoms with E-state index >= 15 is 0 Å². The van der Waals surface area contributed by atoms with Crippen molar-refractivity contribution in [1.29, 1.82) is 0 Å². The molecule has 7 heteroatoms. The molecule has 2 heterocycles. The first kappa shape index (κ1) is 18.5. The monoisotopic (exact) mass is 355 g/mol. The highest BCUT2D eigenvalue weighted by Crippen LogP contribution is 2.31. The van der Waals surface area contributed by atoms with Gasteiger partial charge in [0.1, 0.15) is 7.85 Å². The van der Waals surface area contributed by atoms with E-state index in [1.807, 2.05) is 18.9 Å². The van der Waals surface area contributed by atoms with Crippen LogP contribution in [-0.4, -0.2) is 48.5 Å². The molecule has 1 aromatic heterocycles. The van der Waals surface area contributed by atoms with Crippen LogP contribution in [0.4, 0.5) is 0 Å². The van der Waals surface area contributed by atoms with E-state index in [9.17, 15) is 9.59 Å². The van der Waals surface area contributed by atoms with E-state index in [4.69, 9.17) is 4.74 Å². The van der Waals surface area contributed by atoms with Gasteiger partial charge in [0, 0.05) is 18.5 Å². The maximum atomic E-state index is 13.2. The van der Waals surface area contributed by atoms with Crippen molar-refractivity contribution < 1.29 is 14.3 Å². The van der Waals surface area contributed by atoms with Gasteiger partial charge >= 0.3 is 5.97 Å². The zero-order valence-corrected chi connectivity index (χ0v) is 16.2. The SMILES string of the molecule is Bc1cc2c(c3cn[nH]c13)CN(CC(C)(C)C)C(=O)[C@H](CC(=O)OC)C2. The van der Waals surface area contributed by atoms with Gasteiger partial charge in [-0.25, -0.2) is 0 Å². The number of rotatable bonds is 3. The molecule has 138 valence electrons. The molecule has 1 aliphatic rings. The second-order valence-corrected chi connectivity index (χ2v) is 8.43. The fourth-order valence-corrected chi connectivity index (χ4v) is 3.81. The van der Waals surface area contributed by atoms with Crippen LogP contribution in [0.15, 0.2) is 12.3 Å². The molecule has 0 bridgehead atoms. The minimum absolute atomic E-state index is 0.0239. The van der Waals surface area contributed by atoms with Crippen molar-refractivity contribution in [2.24, 2.45) is 11.3 Å². The third kappa shape index (κ3) is 3.62. The Hall–Kier alpha value is -2.31. The van der Waals surface area contributed by atoms with Gasteiger partial charge < -0.3 is 9.64 Å². The van der Waals surface area contributed by atoms with Crippen molar-refractivity contribution in [2.75, 3.05) is 13.7 Å². The zero-order valence-electron chi connectivity index (χ0n) is 16.2. The first-order valence-electron chi connectivity index (χ1n) is 8.99. The number of hydrogen-bond donors (Lipinski definition) is 1. The third-order valence-electron chi connectivity index (χ3n) is 4.92. The molecule has 0 spiro atoms. The number of benzene rings is 1. The van der Waals surface area contributed by atoms with Crippen LogP contribution in [0, 0.1) is 11.3 Å². The summed E-state index contributed by atoms with van der Waals surface area (Å²) in [4.78, 5) is 27.0. The minimum atomic E-state index is -0.394. The molecule has 0 aliphatic carbocycles. The predicted molar refractivity (Wildman–Crippen MR) is 103 cm³/mol. The molecular weight excluding hydrogens is 329 g/mol. The lowest BCUT2D eigenvalue weighted by atomic mass is 9.86. The van der Waals surface area contributed by atoms with Crippen LogP contribution in [0.2, 0.25) is 0 Å². The molecule has 2 aromatic rings. The van der Waals surface area contributed by atoms with Gasteiger partial charge in [-0.15, -0.1) is 0 Å². The number of nitrogens with zero attached hydrogens (tertiary/aromatic N) is 2. The quantitative estimate of drug-likeness (QED) is 0.657. The number of amides is 1. The van der Waals surface area contributed by atoms with Crippen LogP contribution in [0.1, 0.15) is 38.3 Å². The van der Waals surface area contributed by atoms with Crippen molar-refractivity contribution in [3.63, 3.8) is 0 Å². The van der Waals surface area contributed by atoms with E-state index in [1.54, 1.807) is 0 Å². The van der Waals surface area contributed by atoms with Gasteiger partial charge in [-0.3, -0.25) is 14.7 Å². The maximum Gasteiger partial charge on any atom is 0.306 e. The van der Waals surface area contributed by atoms with E-state index in [2.05, 4.69) is 37.0 Å². The van der Waals surface area contributed by atoms with E-state index in [0.29, 0.717) is 19.5 Å². The summed E-state index contributed by atoms with van der Waals surface area (Å²) >= 11 is 0. The van der Waals surface area contributed by atoms with Gasteiger partial charge in [0.15, 0.2) is 0 Å². The zero-order chi connectivity index (χ0) is 19.1. The lowest BCUT2D eigenvalue weighted by Gasteiger charge is -2.31. The molecule has 6 nitrogen and oxygen atoms in total. The molecule has 1 aromatic carbocycles. The van der Waals surface area contributed by atoms with Crippen LogP contribution in [0.3, 0.4) is 0 Å². The Kier molecular flexibility index (Phi) is 4.82. The maximum absolute atomic E-state index is 13.2. The molecule has 1 amide bonds. The van der Waals surface area contributed by atoms with Crippen LogP contribution >= 0.6 is 0 Å². The number of carbonyl (C=O) groups is 2. The van der Waals surface area contributed by atoms with Gasteiger partial charge in [-0.2, -0.15) is 5.10 Å². The molecule has 26 heavy (non-hydrogen) atoms. The highest BCUT2D eigenvalue weighted by atomic mass is 16.5. The van der Waals surface area contributed by atoms with Crippen molar-refractivity contribution in [3.8, 4) is 0 Å². The summed E-state index contributed by atoms with van der Waals surface area (Å²) in [5.41, 5.74) is 4.33. The number of ether oxygens (including phenoxy) is 1. The predicted octanol–water partition coefficient (Wildman–Crippen LogP) is 0.931. The number of nitrogens with one attached hydrogen (secondary N) is 1. The largest absolute Gasteiger partial charge is 0.469 e. The molecule has 0 radical (unpaired) electrons. The van der Waals surface area contributed by atoms with Gasteiger partial charge in [-0.1, -0.05) is 32.3 Å². The molecule has 1 N–H and O–H groups in total. The molecule has 0 saturated carbocycles. The number of aromatic amines is 1. The summed E-state index contributed by atoms with van der Waals surface area (Å²) in [6, 6.07) is 2.12. The van der Waals surface area contributed by atoms with Crippen molar-refractivity contribution in [2.45, 2.75) is 40.2 Å². The Morgan fingerprint density at radius 2 is 2.19 bits per heavy atom. The number of methoxy groups -OCH3 is 1. The molecule has 0 unspecified atom stereocenters. The highest BCUT2D eigenvalue weighted by molar-refractivity contribution is 6.38. The van der Waals surface area contributed by atoms with E-state index < -0.39 is 5.92 Å². The third-order valence-corrected chi connectivity index (χ3v) is 4.92. The lowest BCUT2D eigenvalue weighted by molar-refractivity contribution is -0.147. The Bertz CT molecular complexity index is 854. The second-order valence-electron chi connectivity index (χ2n) is 8.43. The summed E-state index contributed by atoms with van der Waals surface area (Å²) in [5.74, 6) is -0.714. The number of esters is 1. The Balaban J connectivity index is 2.08. The molecular formula is C19H26BN3O3. The normalized spacial score (nSPS) is 17.9. The van der Waals surface area contributed by atoms with E-state index in [-0.39, 0.29) is 23.7 Å². The van der Waals surface area contributed by atoms with Crippen LogP contribution in [0.25, 0.3) is 10.9 Å². The Labute approximate surface area is 154 Å². The van der Waals surface area contributed by atoms with Gasteiger partial charge in [-0.05, 0) is 23.0 Å². The molecule has 0 saturated heterocycles. The Morgan fingerprint density at radius 3 is 2.85 bits per heavy atom. The number of carbonyl (C=O) groups excluding carboxylic acids is 2.